The van der Waals surface area contributed by atoms with Crippen LogP contribution in [0.3, 0.4) is 0 Å². The van der Waals surface area contributed by atoms with E-state index in [2.05, 4.69) is 13.8 Å². The fourth-order valence-corrected chi connectivity index (χ4v) is 4.78. The summed E-state index contributed by atoms with van der Waals surface area (Å²) in [6.07, 6.45) is 1.22. The van der Waals surface area contributed by atoms with Crippen LogP contribution in [-0.2, 0) is 20.7 Å². The average Bonchev–Trinajstić information content (AvgIpc) is 3.23. The maximum Gasteiger partial charge on any atom is 0.227 e. The minimum Gasteiger partial charge on any atom is -0.351 e. The number of benzene rings is 1. The van der Waals surface area contributed by atoms with E-state index < -0.39 is 17.4 Å². The molecule has 0 unspecified atom stereocenters. The summed E-state index contributed by atoms with van der Waals surface area (Å²) in [7, 11) is 0. The lowest BCUT2D eigenvalue weighted by atomic mass is 10.0. The maximum absolute atomic E-state index is 13.8. The van der Waals surface area contributed by atoms with Crippen LogP contribution in [0.25, 0.3) is 0 Å². The molecule has 0 aromatic heterocycles. The number of likely N-dealkylation sites (tertiary alicyclic amines) is 1. The zero-order valence-corrected chi connectivity index (χ0v) is 15.6. The van der Waals surface area contributed by atoms with Crippen molar-refractivity contribution in [3.8, 4) is 0 Å². The smallest absolute Gasteiger partial charge is 0.227 e. The third kappa shape index (κ3) is 2.83. The molecule has 3 fully saturated rings. The normalized spacial score (nSPS) is 29.6. The molecule has 5 nitrogen and oxygen atoms in total. The molecule has 7 heteroatoms. The average molecular weight is 378 g/mol. The Hall–Kier alpha value is -2.02. The second-order valence-electron chi connectivity index (χ2n) is 8.02. The van der Waals surface area contributed by atoms with Crippen molar-refractivity contribution in [1.29, 1.82) is 0 Å². The molecule has 3 aliphatic rings. The molecular formula is C20H24F2N2O3. The molecule has 1 spiro atoms. The van der Waals surface area contributed by atoms with Gasteiger partial charge >= 0.3 is 0 Å². The monoisotopic (exact) mass is 378 g/mol. The fraction of sp³-hybridized carbons (Fsp3) is 0.600. The second kappa shape index (κ2) is 6.55. The Bertz CT molecular complexity index is 784. The molecule has 4 rings (SSSR count). The quantitative estimate of drug-likeness (QED) is 0.809. The molecule has 1 aromatic carbocycles. The van der Waals surface area contributed by atoms with Gasteiger partial charge in [0.15, 0.2) is 5.72 Å². The van der Waals surface area contributed by atoms with Crippen LogP contribution in [0.1, 0.15) is 38.7 Å². The topological polar surface area (TPSA) is 49.9 Å². The number of hydrogen-bond acceptors (Lipinski definition) is 3. The molecule has 0 N–H and O–H groups in total. The zero-order chi connectivity index (χ0) is 19.3. The van der Waals surface area contributed by atoms with Gasteiger partial charge in [-0.1, -0.05) is 19.9 Å². The molecular weight excluding hydrogens is 354 g/mol. The lowest BCUT2D eigenvalue weighted by molar-refractivity contribution is -0.141. The molecule has 3 heterocycles. The van der Waals surface area contributed by atoms with E-state index in [0.29, 0.717) is 31.1 Å². The van der Waals surface area contributed by atoms with Crippen molar-refractivity contribution in [3.05, 3.63) is 35.4 Å². The van der Waals surface area contributed by atoms with Crippen molar-refractivity contribution in [2.24, 2.45) is 5.92 Å². The third-order valence-electron chi connectivity index (χ3n) is 6.20. The van der Waals surface area contributed by atoms with E-state index in [0.717, 1.165) is 6.07 Å². The van der Waals surface area contributed by atoms with Gasteiger partial charge in [-0.15, -0.1) is 0 Å². The fourth-order valence-electron chi connectivity index (χ4n) is 4.78. The van der Waals surface area contributed by atoms with E-state index >= 15 is 0 Å². The first-order valence-corrected chi connectivity index (χ1v) is 9.53. The van der Waals surface area contributed by atoms with Gasteiger partial charge in [0.25, 0.3) is 0 Å². The summed E-state index contributed by atoms with van der Waals surface area (Å²) in [5, 5.41) is 0. The zero-order valence-electron chi connectivity index (χ0n) is 15.6. The van der Waals surface area contributed by atoms with Crippen LogP contribution in [0.15, 0.2) is 18.2 Å². The van der Waals surface area contributed by atoms with Gasteiger partial charge in [0.2, 0.25) is 11.8 Å². The minimum absolute atomic E-state index is 0.0401. The van der Waals surface area contributed by atoms with Crippen molar-refractivity contribution in [1.82, 2.24) is 9.80 Å². The van der Waals surface area contributed by atoms with Crippen LogP contribution in [0, 0.1) is 17.6 Å². The molecule has 3 aliphatic heterocycles. The van der Waals surface area contributed by atoms with Gasteiger partial charge in [-0.3, -0.25) is 9.59 Å². The van der Waals surface area contributed by atoms with Crippen LogP contribution in [-0.4, -0.2) is 52.6 Å². The van der Waals surface area contributed by atoms with Crippen LogP contribution in [0.2, 0.25) is 0 Å². The molecule has 146 valence electrons. The van der Waals surface area contributed by atoms with Crippen LogP contribution < -0.4 is 0 Å². The number of hydrogen-bond donors (Lipinski definition) is 0. The van der Waals surface area contributed by atoms with E-state index in [1.54, 1.807) is 4.90 Å². The Morgan fingerprint density at radius 2 is 2.15 bits per heavy atom. The van der Waals surface area contributed by atoms with E-state index in [-0.39, 0.29) is 43.2 Å². The van der Waals surface area contributed by atoms with Crippen LogP contribution >= 0.6 is 0 Å². The van der Waals surface area contributed by atoms with Gasteiger partial charge in [0.1, 0.15) is 11.6 Å². The number of halogens is 2. The van der Waals surface area contributed by atoms with E-state index in [1.165, 1.54) is 12.1 Å². The molecule has 0 radical (unpaired) electrons. The summed E-state index contributed by atoms with van der Waals surface area (Å²) >= 11 is 0. The Kier molecular flexibility index (Phi) is 4.45. The highest BCUT2D eigenvalue weighted by atomic mass is 19.1. The summed E-state index contributed by atoms with van der Waals surface area (Å²) in [5.41, 5.74) is -0.372. The van der Waals surface area contributed by atoms with Gasteiger partial charge in [-0.25, -0.2) is 8.78 Å². The molecule has 27 heavy (non-hydrogen) atoms. The minimum atomic E-state index is -0.692. The van der Waals surface area contributed by atoms with Gasteiger partial charge in [0.05, 0.1) is 25.1 Å². The molecule has 1 aromatic rings. The van der Waals surface area contributed by atoms with Gasteiger partial charge in [-0.2, -0.15) is 0 Å². The van der Waals surface area contributed by atoms with Crippen LogP contribution in [0.4, 0.5) is 8.78 Å². The van der Waals surface area contributed by atoms with Crippen molar-refractivity contribution in [2.75, 3.05) is 13.2 Å². The second-order valence-corrected chi connectivity index (χ2v) is 8.02. The van der Waals surface area contributed by atoms with Crippen LogP contribution in [0.5, 0.6) is 0 Å². The summed E-state index contributed by atoms with van der Waals surface area (Å²) < 4.78 is 32.9. The first-order valence-electron chi connectivity index (χ1n) is 9.53. The lowest BCUT2D eigenvalue weighted by Gasteiger charge is -2.34. The van der Waals surface area contributed by atoms with Gasteiger partial charge < -0.3 is 14.5 Å². The highest BCUT2D eigenvalue weighted by Gasteiger charge is 2.65. The van der Waals surface area contributed by atoms with E-state index in [4.69, 9.17) is 4.74 Å². The number of aryl methyl sites for hydroxylation is 1. The Balaban J connectivity index is 1.47. The molecule has 3 atom stereocenters. The SMILES string of the molecule is CC(C)[C@@H]1CO[C@@]23CCN(C(=O)CCc4ccc(F)cc4F)[C@@H]2CC(=O)N13. The maximum atomic E-state index is 13.8. The summed E-state index contributed by atoms with van der Waals surface area (Å²) in [5.74, 6) is -1.06. The highest BCUT2D eigenvalue weighted by molar-refractivity contribution is 5.85. The predicted octanol–water partition coefficient (Wildman–Crippen LogP) is 2.48. The van der Waals surface area contributed by atoms with Crippen molar-refractivity contribution in [2.45, 2.75) is 57.3 Å². The van der Waals surface area contributed by atoms with E-state index in [1.807, 2.05) is 4.90 Å². The Morgan fingerprint density at radius 1 is 1.37 bits per heavy atom. The van der Waals surface area contributed by atoms with Crippen molar-refractivity contribution in [3.63, 3.8) is 0 Å². The number of amides is 2. The largest absolute Gasteiger partial charge is 0.351 e. The van der Waals surface area contributed by atoms with Gasteiger partial charge in [0, 0.05) is 25.5 Å². The number of nitrogens with zero attached hydrogens (tertiary/aromatic N) is 2. The lowest BCUT2D eigenvalue weighted by Crippen LogP contribution is -2.51. The highest BCUT2D eigenvalue weighted by Crippen LogP contribution is 2.48. The molecule has 0 bridgehead atoms. The van der Waals surface area contributed by atoms with Gasteiger partial charge in [-0.05, 0) is 24.0 Å². The Morgan fingerprint density at radius 3 is 2.85 bits per heavy atom. The number of carbonyl (C=O) groups is 2. The molecule has 2 amide bonds. The summed E-state index contributed by atoms with van der Waals surface area (Å²) in [6.45, 7) is 5.18. The molecule has 3 saturated heterocycles. The van der Waals surface area contributed by atoms with E-state index in [9.17, 15) is 18.4 Å². The summed E-state index contributed by atoms with van der Waals surface area (Å²) in [4.78, 5) is 29.0. The first kappa shape index (κ1) is 18.3. The first-order chi connectivity index (χ1) is 12.8. The molecule has 0 saturated carbocycles. The third-order valence-corrected chi connectivity index (χ3v) is 6.20. The number of carbonyl (C=O) groups excluding carboxylic acids is 2. The van der Waals surface area contributed by atoms with Crippen molar-refractivity contribution >= 4 is 11.8 Å². The number of ether oxygens (including phenoxy) is 1. The predicted molar refractivity (Wildman–Crippen MR) is 93.6 cm³/mol. The Labute approximate surface area is 157 Å². The summed E-state index contributed by atoms with van der Waals surface area (Å²) in [6, 6.07) is 3.17. The molecule has 0 aliphatic carbocycles. The standard InChI is InChI=1S/C20H24F2N2O3/c1-12(2)16-11-27-20-7-8-23(17(20)10-19(26)24(16)20)18(25)6-4-13-3-5-14(21)9-15(13)22/h3,5,9,12,16-17H,4,6-8,10-11H2,1-2H3/t16-,17+,20-/m0/s1. The number of rotatable bonds is 4. The van der Waals surface area contributed by atoms with Crippen molar-refractivity contribution < 1.29 is 23.1 Å².